The van der Waals surface area contributed by atoms with Crippen LogP contribution >= 0.6 is 0 Å². The normalized spacial score (nSPS) is 18.0. The van der Waals surface area contributed by atoms with Crippen molar-refractivity contribution >= 4 is 23.2 Å². The molecule has 14 nitrogen and oxygen atoms in total. The predicted octanol–water partition coefficient (Wildman–Crippen LogP) is 2.40. The number of hydrogen-bond donors (Lipinski definition) is 2. The van der Waals surface area contributed by atoms with Crippen LogP contribution in [-0.2, 0) is 15.0 Å². The van der Waals surface area contributed by atoms with Gasteiger partial charge in [-0.2, -0.15) is 19.9 Å². The van der Waals surface area contributed by atoms with Crippen LogP contribution < -0.4 is 29.6 Å². The second kappa shape index (κ2) is 11.4. The molecule has 0 saturated carbocycles. The molecule has 43 heavy (non-hydrogen) atoms. The van der Waals surface area contributed by atoms with Gasteiger partial charge in [-0.15, -0.1) is 9.97 Å². The summed E-state index contributed by atoms with van der Waals surface area (Å²) in [4.78, 5) is 48.7. The Morgan fingerprint density at radius 3 is 1.77 bits per heavy atom. The number of ether oxygens (including phenoxy) is 4. The first-order valence-electron chi connectivity index (χ1n) is 12.5. The monoisotopic (exact) mass is 594 g/mol. The predicted molar refractivity (Wildman–Crippen MR) is 144 cm³/mol. The quantitative estimate of drug-likeness (QED) is 0.334. The van der Waals surface area contributed by atoms with Crippen LogP contribution in [0, 0.1) is 11.6 Å². The lowest BCUT2D eigenvalue weighted by Crippen LogP contribution is -2.34. The molecular weight excluding hydrogens is 570 g/mol. The fourth-order valence-electron chi connectivity index (χ4n) is 4.57. The van der Waals surface area contributed by atoms with Crippen molar-refractivity contribution in [1.82, 2.24) is 29.9 Å². The van der Waals surface area contributed by atoms with Crippen LogP contribution in [0.2, 0.25) is 0 Å². The minimum absolute atomic E-state index is 0.0146. The molecule has 2 aromatic heterocycles. The molecule has 0 saturated heterocycles. The first-order valence-corrected chi connectivity index (χ1v) is 12.5. The maximum absolute atomic E-state index is 13.9. The number of carbonyl (C=O) groups is 2. The van der Waals surface area contributed by atoms with Gasteiger partial charge >= 0.3 is 24.0 Å². The zero-order valence-electron chi connectivity index (χ0n) is 23.4. The Kier molecular flexibility index (Phi) is 7.67. The molecule has 2 atom stereocenters. The molecule has 16 heteroatoms. The Hall–Kier alpha value is -5.54. The number of methoxy groups -OCH3 is 4. The van der Waals surface area contributed by atoms with Gasteiger partial charge in [0.25, 0.3) is 0 Å². The topological polar surface area (TPSA) is 172 Å². The largest absolute Gasteiger partial charge is 0.467 e. The van der Waals surface area contributed by atoms with Crippen molar-refractivity contribution in [3.8, 4) is 24.0 Å². The molecule has 2 aliphatic rings. The van der Waals surface area contributed by atoms with Crippen molar-refractivity contribution in [2.45, 2.75) is 18.3 Å². The van der Waals surface area contributed by atoms with Gasteiger partial charge in [-0.25, -0.2) is 8.78 Å². The third-order valence-corrected chi connectivity index (χ3v) is 6.75. The maximum atomic E-state index is 13.9. The van der Waals surface area contributed by atoms with Gasteiger partial charge in [0.15, 0.2) is 11.6 Å². The number of hydrogen-bond acceptors (Lipinski definition) is 12. The van der Waals surface area contributed by atoms with E-state index < -0.39 is 34.8 Å². The van der Waals surface area contributed by atoms with Crippen molar-refractivity contribution in [3.63, 3.8) is 0 Å². The highest BCUT2D eigenvalue weighted by Crippen LogP contribution is 2.43. The number of benzene rings is 2. The van der Waals surface area contributed by atoms with E-state index in [0.717, 1.165) is 0 Å². The molecular formula is C27H24F2N8O6. The lowest BCUT2D eigenvalue weighted by molar-refractivity contribution is -0.119. The molecule has 0 fully saturated rings. The molecule has 0 radical (unpaired) electrons. The van der Waals surface area contributed by atoms with Gasteiger partial charge in [-0.05, 0) is 24.6 Å². The van der Waals surface area contributed by atoms with Crippen LogP contribution in [0.4, 0.5) is 20.2 Å². The lowest BCUT2D eigenvalue weighted by Gasteiger charge is -2.20. The molecule has 2 aliphatic heterocycles. The summed E-state index contributed by atoms with van der Waals surface area (Å²) in [5.41, 5.74) is -0.0664. The van der Waals surface area contributed by atoms with Crippen molar-refractivity contribution in [3.05, 3.63) is 70.8 Å². The number of nitrogens with zero attached hydrogens (tertiary/aromatic N) is 6. The molecule has 0 spiro atoms. The van der Waals surface area contributed by atoms with Crippen LogP contribution in [0.1, 0.15) is 35.6 Å². The Morgan fingerprint density at radius 2 is 1.21 bits per heavy atom. The van der Waals surface area contributed by atoms with E-state index in [1.165, 1.54) is 52.7 Å². The van der Waals surface area contributed by atoms with E-state index in [9.17, 15) is 18.4 Å². The highest BCUT2D eigenvalue weighted by atomic mass is 19.1. The van der Waals surface area contributed by atoms with E-state index in [1.807, 2.05) is 0 Å². The number of fused-ring (bicyclic) bond motifs is 2. The zero-order chi connectivity index (χ0) is 30.9. The summed E-state index contributed by atoms with van der Waals surface area (Å²) in [6.07, 6.45) is 0. The molecule has 222 valence electrons. The lowest BCUT2D eigenvalue weighted by atomic mass is 9.83. The Bertz CT molecular complexity index is 1700. The first kappa shape index (κ1) is 29.0. The van der Waals surface area contributed by atoms with Gasteiger partial charge in [-0.3, -0.25) is 9.59 Å². The van der Waals surface area contributed by atoms with E-state index in [2.05, 4.69) is 40.5 Å². The van der Waals surface area contributed by atoms with Crippen LogP contribution in [0.25, 0.3) is 0 Å². The molecule has 0 aliphatic carbocycles. The van der Waals surface area contributed by atoms with Crippen molar-refractivity contribution in [2.24, 2.45) is 0 Å². The third kappa shape index (κ3) is 5.06. The Labute approximate surface area is 242 Å². The number of amides is 2. The molecule has 2 unspecified atom stereocenters. The van der Waals surface area contributed by atoms with Gasteiger partial charge in [0.1, 0.15) is 23.0 Å². The van der Waals surface area contributed by atoms with Crippen LogP contribution in [0.3, 0.4) is 0 Å². The van der Waals surface area contributed by atoms with Gasteiger partial charge < -0.3 is 29.6 Å². The summed E-state index contributed by atoms with van der Waals surface area (Å²) < 4.78 is 47.5. The minimum Gasteiger partial charge on any atom is -0.467 e. The molecule has 0 bridgehead atoms. The van der Waals surface area contributed by atoms with Crippen LogP contribution in [0.15, 0.2) is 36.4 Å². The third-order valence-electron chi connectivity index (χ3n) is 6.75. The molecule has 2 aromatic carbocycles. The minimum atomic E-state index is -1.26. The summed E-state index contributed by atoms with van der Waals surface area (Å²) in [7, 11) is 5.56. The molecule has 4 heterocycles. The Balaban J connectivity index is 0.000000171. The van der Waals surface area contributed by atoms with Crippen LogP contribution in [0.5, 0.6) is 24.0 Å². The fraction of sp³-hybridized carbons (Fsp3) is 0.259. The van der Waals surface area contributed by atoms with Crippen molar-refractivity contribution in [2.75, 3.05) is 39.1 Å². The van der Waals surface area contributed by atoms with Gasteiger partial charge in [-0.1, -0.05) is 24.3 Å². The second-order valence-corrected chi connectivity index (χ2v) is 9.17. The van der Waals surface area contributed by atoms with Gasteiger partial charge in [0, 0.05) is 5.56 Å². The summed E-state index contributed by atoms with van der Waals surface area (Å²) in [6.45, 7) is 1.61. The highest BCUT2D eigenvalue weighted by molar-refractivity contribution is 6.08. The van der Waals surface area contributed by atoms with E-state index in [1.54, 1.807) is 19.1 Å². The van der Waals surface area contributed by atoms with Crippen LogP contribution in [-0.4, -0.2) is 70.2 Å². The number of halogens is 2. The SMILES string of the molecule is COc1nc(OC)nc(C2(C)C(=O)Nc3c(F)cccc32)n1.COc1nc(OC)nc(C2C(=O)Nc3c(F)cccc32)n1. The molecule has 2 N–H and O–H groups in total. The molecule has 4 aromatic rings. The number of para-hydroxylation sites is 2. The fourth-order valence-corrected chi connectivity index (χ4v) is 4.57. The standard InChI is InChI=1S/C14H13FN4O3.C13H11FN4O3/c1-14(10-17-12(21-2)19-13(18-10)22-3)7-5-4-6-8(15)9(7)16-11(14)20;1-20-12-16-10(17-13(18-12)21-2)8-6-4-3-5-7(14)9(6)15-11(8)19/h4-6H,1-3H3,(H,16,20);3-5,8H,1-2H3,(H,15,19). The maximum Gasteiger partial charge on any atom is 0.322 e. The summed E-state index contributed by atoms with van der Waals surface area (Å²) in [6, 6.07) is 8.98. The Morgan fingerprint density at radius 1 is 0.698 bits per heavy atom. The number of aromatic nitrogens is 6. The second-order valence-electron chi connectivity index (χ2n) is 9.17. The molecule has 6 rings (SSSR count). The summed E-state index contributed by atoms with van der Waals surface area (Å²) >= 11 is 0. The van der Waals surface area contributed by atoms with E-state index in [0.29, 0.717) is 11.1 Å². The number of carbonyl (C=O) groups excluding carboxylic acids is 2. The number of anilines is 2. The average Bonchev–Trinajstić information content (AvgIpc) is 3.51. The van der Waals surface area contributed by atoms with E-state index in [4.69, 9.17) is 18.9 Å². The molecule has 2 amide bonds. The summed E-state index contributed by atoms with van der Waals surface area (Å²) in [5, 5.41) is 5.03. The van der Waals surface area contributed by atoms with Gasteiger partial charge in [0.05, 0.1) is 39.8 Å². The van der Waals surface area contributed by atoms with E-state index in [-0.39, 0.29) is 47.1 Å². The van der Waals surface area contributed by atoms with Crippen molar-refractivity contribution < 1.29 is 37.3 Å². The number of rotatable bonds is 6. The van der Waals surface area contributed by atoms with E-state index >= 15 is 0 Å². The number of nitrogens with one attached hydrogen (secondary N) is 2. The zero-order valence-corrected chi connectivity index (χ0v) is 23.4. The highest BCUT2D eigenvalue weighted by Gasteiger charge is 2.48. The smallest absolute Gasteiger partial charge is 0.322 e. The van der Waals surface area contributed by atoms with Crippen molar-refractivity contribution in [1.29, 1.82) is 0 Å². The van der Waals surface area contributed by atoms with Gasteiger partial charge in [0.2, 0.25) is 11.8 Å². The average molecular weight is 595 g/mol. The summed E-state index contributed by atoms with van der Waals surface area (Å²) in [5.74, 6) is -2.42. The first-order chi connectivity index (χ1) is 20.6.